The molecule has 0 fully saturated rings. The molecule has 1 aromatic carbocycles. The minimum atomic E-state index is 0.277. The van der Waals surface area contributed by atoms with Crippen LogP contribution in [0.15, 0.2) is 18.2 Å². The van der Waals surface area contributed by atoms with Crippen LogP contribution in [-0.4, -0.2) is 11.9 Å². The molecule has 0 bridgehead atoms. The van der Waals surface area contributed by atoms with Gasteiger partial charge in [-0.25, -0.2) is 0 Å². The van der Waals surface area contributed by atoms with Crippen molar-refractivity contribution in [3.05, 3.63) is 29.3 Å². The highest BCUT2D eigenvalue weighted by atomic mass is 79.9. The lowest BCUT2D eigenvalue weighted by molar-refractivity contribution is 0.158. The molecule has 0 N–H and O–H groups in total. The predicted molar refractivity (Wildman–Crippen MR) is 80.8 cm³/mol. The highest BCUT2D eigenvalue weighted by molar-refractivity contribution is 9.09. The van der Waals surface area contributed by atoms with Crippen molar-refractivity contribution < 1.29 is 4.74 Å². The number of ether oxygens (including phenoxy) is 1. The van der Waals surface area contributed by atoms with Gasteiger partial charge in [0.1, 0.15) is 5.75 Å². The van der Waals surface area contributed by atoms with Crippen LogP contribution >= 0.6 is 15.9 Å². The highest BCUT2D eigenvalue weighted by Gasteiger charge is 2.26. The number of halogens is 1. The fraction of sp³-hybridized carbons (Fsp3) is 0.625. The second kappa shape index (κ2) is 6.10. The summed E-state index contributed by atoms with van der Waals surface area (Å²) in [6.45, 7) is 5.30. The maximum Gasteiger partial charge on any atom is 0.119 e. The van der Waals surface area contributed by atoms with E-state index >= 15 is 0 Å². The van der Waals surface area contributed by atoms with Crippen molar-refractivity contribution in [3.63, 3.8) is 0 Å². The summed E-state index contributed by atoms with van der Waals surface area (Å²) in [6, 6.07) is 6.62. The van der Waals surface area contributed by atoms with Gasteiger partial charge in [0.15, 0.2) is 0 Å². The van der Waals surface area contributed by atoms with Gasteiger partial charge < -0.3 is 4.74 Å². The smallest absolute Gasteiger partial charge is 0.119 e. The Hall–Kier alpha value is -0.500. The molecule has 100 valence electrons. The minimum absolute atomic E-state index is 0.277. The number of benzene rings is 1. The maximum atomic E-state index is 6.04. The summed E-state index contributed by atoms with van der Waals surface area (Å²) in [5.74, 6) is 1.04. The van der Waals surface area contributed by atoms with Gasteiger partial charge in [0.05, 0.1) is 6.61 Å². The van der Waals surface area contributed by atoms with E-state index < -0.39 is 0 Å². The number of aryl methyl sites for hydroxylation is 2. The van der Waals surface area contributed by atoms with E-state index in [-0.39, 0.29) is 5.41 Å². The first kappa shape index (κ1) is 13.9. The van der Waals surface area contributed by atoms with Crippen LogP contribution in [0.4, 0.5) is 0 Å². The molecule has 0 heterocycles. The first-order valence-electron chi connectivity index (χ1n) is 7.03. The summed E-state index contributed by atoms with van der Waals surface area (Å²) < 4.78 is 6.04. The summed E-state index contributed by atoms with van der Waals surface area (Å²) in [6.07, 6.45) is 6.07. The summed E-state index contributed by atoms with van der Waals surface area (Å²) in [4.78, 5) is 0. The lowest BCUT2D eigenvalue weighted by atomic mass is 9.86. The van der Waals surface area contributed by atoms with Crippen molar-refractivity contribution in [1.29, 1.82) is 0 Å². The van der Waals surface area contributed by atoms with Crippen LogP contribution in [0, 0.1) is 5.41 Å². The Morgan fingerprint density at radius 1 is 1.17 bits per heavy atom. The quantitative estimate of drug-likeness (QED) is 0.689. The minimum Gasteiger partial charge on any atom is -0.493 e. The molecule has 1 nitrogen and oxygen atoms in total. The van der Waals surface area contributed by atoms with Gasteiger partial charge in [0, 0.05) is 10.7 Å². The van der Waals surface area contributed by atoms with Crippen molar-refractivity contribution in [2.45, 2.75) is 46.0 Å². The van der Waals surface area contributed by atoms with Gasteiger partial charge in [-0.05, 0) is 55.4 Å². The molecule has 0 atom stereocenters. The molecule has 0 amide bonds. The summed E-state index contributed by atoms with van der Waals surface area (Å²) in [5.41, 5.74) is 3.28. The molecule has 2 heteroatoms. The van der Waals surface area contributed by atoms with E-state index in [1.807, 2.05) is 0 Å². The zero-order chi connectivity index (χ0) is 13.0. The van der Waals surface area contributed by atoms with Gasteiger partial charge >= 0.3 is 0 Å². The van der Waals surface area contributed by atoms with Crippen molar-refractivity contribution in [1.82, 2.24) is 0 Å². The van der Waals surface area contributed by atoms with E-state index in [0.29, 0.717) is 0 Å². The number of hydrogen-bond acceptors (Lipinski definition) is 1. The molecule has 0 aliphatic heterocycles. The fourth-order valence-electron chi connectivity index (χ4n) is 2.56. The maximum absolute atomic E-state index is 6.04. The van der Waals surface area contributed by atoms with Gasteiger partial charge in [-0.15, -0.1) is 0 Å². The Balaban J connectivity index is 2.01. The third-order valence-corrected chi connectivity index (χ3v) is 5.59. The van der Waals surface area contributed by atoms with Crippen LogP contribution in [0.3, 0.4) is 0 Å². The van der Waals surface area contributed by atoms with Crippen LogP contribution in [0.25, 0.3) is 0 Å². The Kier molecular flexibility index (Phi) is 4.71. The number of alkyl halides is 1. The molecular weight excluding hydrogens is 288 g/mol. The topological polar surface area (TPSA) is 9.23 Å². The SMILES string of the molecule is CCC(CC)(CBr)COc1ccc2c(c1)CCC2. The molecule has 0 aromatic heterocycles. The lowest BCUT2D eigenvalue weighted by Crippen LogP contribution is -2.29. The molecule has 1 aliphatic carbocycles. The molecule has 2 rings (SSSR count). The van der Waals surface area contributed by atoms with Crippen molar-refractivity contribution in [2.24, 2.45) is 5.41 Å². The van der Waals surface area contributed by atoms with E-state index in [0.717, 1.165) is 30.5 Å². The second-order valence-corrected chi connectivity index (χ2v) is 5.97. The molecular formula is C16H23BrO. The van der Waals surface area contributed by atoms with E-state index in [2.05, 4.69) is 48.0 Å². The molecule has 1 aliphatic rings. The largest absolute Gasteiger partial charge is 0.493 e. The standard InChI is InChI=1S/C16H23BrO/c1-3-16(4-2,11-17)12-18-15-9-8-13-6-5-7-14(13)10-15/h8-10H,3-7,11-12H2,1-2H3. The molecule has 0 radical (unpaired) electrons. The van der Waals surface area contributed by atoms with Crippen LogP contribution < -0.4 is 4.74 Å². The monoisotopic (exact) mass is 310 g/mol. The van der Waals surface area contributed by atoms with E-state index in [1.54, 1.807) is 0 Å². The Labute approximate surface area is 119 Å². The van der Waals surface area contributed by atoms with Crippen molar-refractivity contribution in [3.8, 4) is 5.75 Å². The van der Waals surface area contributed by atoms with Crippen LogP contribution in [0.2, 0.25) is 0 Å². The molecule has 0 spiro atoms. The zero-order valence-electron chi connectivity index (χ0n) is 11.5. The number of fused-ring (bicyclic) bond motifs is 1. The molecule has 0 saturated carbocycles. The van der Waals surface area contributed by atoms with Crippen LogP contribution in [0.1, 0.15) is 44.2 Å². The second-order valence-electron chi connectivity index (χ2n) is 5.41. The van der Waals surface area contributed by atoms with E-state index in [4.69, 9.17) is 4.74 Å². The Bertz CT molecular complexity index is 388. The lowest BCUT2D eigenvalue weighted by Gasteiger charge is -2.29. The first-order valence-corrected chi connectivity index (χ1v) is 8.16. The zero-order valence-corrected chi connectivity index (χ0v) is 13.1. The first-order chi connectivity index (χ1) is 8.73. The van der Waals surface area contributed by atoms with Gasteiger partial charge in [-0.1, -0.05) is 35.8 Å². The molecule has 0 saturated heterocycles. The van der Waals surface area contributed by atoms with Gasteiger partial charge in [-0.3, -0.25) is 0 Å². The van der Waals surface area contributed by atoms with Crippen LogP contribution in [0.5, 0.6) is 5.75 Å². The average Bonchev–Trinajstić information content (AvgIpc) is 2.88. The number of hydrogen-bond donors (Lipinski definition) is 0. The summed E-state index contributed by atoms with van der Waals surface area (Å²) in [5, 5.41) is 1.01. The van der Waals surface area contributed by atoms with Gasteiger partial charge in [0.2, 0.25) is 0 Å². The van der Waals surface area contributed by atoms with E-state index in [9.17, 15) is 0 Å². The van der Waals surface area contributed by atoms with Crippen molar-refractivity contribution >= 4 is 15.9 Å². The third kappa shape index (κ3) is 2.90. The normalized spacial score (nSPS) is 14.6. The fourth-order valence-corrected chi connectivity index (χ4v) is 3.51. The number of rotatable bonds is 6. The van der Waals surface area contributed by atoms with Crippen molar-refractivity contribution in [2.75, 3.05) is 11.9 Å². The highest BCUT2D eigenvalue weighted by Crippen LogP contribution is 2.31. The Morgan fingerprint density at radius 3 is 2.56 bits per heavy atom. The average molecular weight is 311 g/mol. The Morgan fingerprint density at radius 2 is 1.89 bits per heavy atom. The van der Waals surface area contributed by atoms with Crippen LogP contribution in [-0.2, 0) is 12.8 Å². The molecule has 18 heavy (non-hydrogen) atoms. The molecule has 0 unspecified atom stereocenters. The van der Waals surface area contributed by atoms with Gasteiger partial charge in [-0.2, -0.15) is 0 Å². The van der Waals surface area contributed by atoms with E-state index in [1.165, 1.54) is 30.4 Å². The van der Waals surface area contributed by atoms with Gasteiger partial charge in [0.25, 0.3) is 0 Å². The summed E-state index contributed by atoms with van der Waals surface area (Å²) >= 11 is 3.64. The third-order valence-electron chi connectivity index (χ3n) is 4.40. The predicted octanol–water partition coefficient (Wildman–Crippen LogP) is 4.76. The summed E-state index contributed by atoms with van der Waals surface area (Å²) in [7, 11) is 0. The molecule has 1 aromatic rings.